The molecule has 3 aromatic rings. The zero-order valence-corrected chi connectivity index (χ0v) is 16.6. The zero-order valence-electron chi connectivity index (χ0n) is 16.6. The molecule has 1 heterocycles. The highest BCUT2D eigenvalue weighted by Crippen LogP contribution is 2.15. The van der Waals surface area contributed by atoms with Gasteiger partial charge in [-0.05, 0) is 31.2 Å². The minimum Gasteiger partial charge on any atom is -0.494 e. The molecular weight excluding hydrogens is 344 g/mol. The van der Waals surface area contributed by atoms with Crippen molar-refractivity contribution in [3.8, 4) is 5.75 Å². The molecule has 1 aliphatic heterocycles. The molecule has 1 aliphatic rings. The van der Waals surface area contributed by atoms with Gasteiger partial charge < -0.3 is 4.74 Å². The lowest BCUT2D eigenvalue weighted by Gasteiger charge is -2.25. The summed E-state index contributed by atoms with van der Waals surface area (Å²) in [6.07, 6.45) is 0.441. The molecule has 3 nitrogen and oxygen atoms in total. The van der Waals surface area contributed by atoms with Gasteiger partial charge in [0.2, 0.25) is 6.17 Å². The molecule has 2 N–H and O–H groups in total. The van der Waals surface area contributed by atoms with Crippen LogP contribution in [-0.2, 0) is 13.1 Å². The maximum atomic E-state index is 5.65. The Hall–Kier alpha value is -2.62. The van der Waals surface area contributed by atoms with Crippen molar-refractivity contribution < 1.29 is 14.5 Å². The van der Waals surface area contributed by atoms with Crippen LogP contribution in [0.25, 0.3) is 0 Å². The van der Waals surface area contributed by atoms with Gasteiger partial charge in [0.1, 0.15) is 31.9 Å². The highest BCUT2D eigenvalue weighted by molar-refractivity contribution is 5.28. The maximum Gasteiger partial charge on any atom is 0.241 e. The lowest BCUT2D eigenvalue weighted by atomic mass is 10.1. The minimum absolute atomic E-state index is 0.441. The predicted octanol–water partition coefficient (Wildman–Crippen LogP) is 2.27. The van der Waals surface area contributed by atoms with Crippen molar-refractivity contribution >= 4 is 0 Å². The lowest BCUT2D eigenvalue weighted by Crippen LogP contribution is -3.22. The molecule has 0 aromatic heterocycles. The maximum absolute atomic E-state index is 5.65. The average Bonchev–Trinajstić information content (AvgIpc) is 3.12. The van der Waals surface area contributed by atoms with E-state index in [9.17, 15) is 0 Å². The van der Waals surface area contributed by atoms with Crippen molar-refractivity contribution in [3.63, 3.8) is 0 Å². The highest BCUT2D eigenvalue weighted by Gasteiger charge is 2.40. The summed E-state index contributed by atoms with van der Waals surface area (Å²) in [6, 6.07) is 30.5. The molecule has 28 heavy (non-hydrogen) atoms. The number of hydrogen-bond donors (Lipinski definition) is 2. The standard InChI is InChI=1S/C25H28N2O/c1-2-28-24-15-13-23(14-16-24)25-26(19-21-9-5-3-6-10-21)17-18-27(25)20-22-11-7-4-8-12-22/h3-16,25H,2,17-20H2,1H3/p+2. The number of ether oxygens (including phenoxy) is 1. The van der Waals surface area contributed by atoms with Gasteiger partial charge in [-0.15, -0.1) is 0 Å². The smallest absolute Gasteiger partial charge is 0.241 e. The van der Waals surface area contributed by atoms with Crippen LogP contribution in [0.2, 0.25) is 0 Å². The SMILES string of the molecule is CCOc1ccc(C2[NH+](Cc3ccccc3)CC[NH+]2Cc2ccccc2)cc1. The summed E-state index contributed by atoms with van der Waals surface area (Å²) in [4.78, 5) is 3.28. The number of quaternary nitrogens is 2. The first-order valence-corrected chi connectivity index (χ1v) is 10.3. The average molecular weight is 375 g/mol. The Labute approximate surface area is 168 Å². The van der Waals surface area contributed by atoms with E-state index in [1.807, 2.05) is 6.92 Å². The molecule has 1 fully saturated rings. The normalized spacial score (nSPS) is 21.5. The highest BCUT2D eigenvalue weighted by atomic mass is 16.5. The van der Waals surface area contributed by atoms with Gasteiger partial charge in [0.15, 0.2) is 0 Å². The summed E-state index contributed by atoms with van der Waals surface area (Å²) in [5.74, 6) is 0.957. The van der Waals surface area contributed by atoms with Crippen LogP contribution in [0.5, 0.6) is 5.75 Å². The monoisotopic (exact) mass is 374 g/mol. The summed E-state index contributed by atoms with van der Waals surface area (Å²) in [7, 11) is 0. The summed E-state index contributed by atoms with van der Waals surface area (Å²) in [6.45, 7) is 7.25. The van der Waals surface area contributed by atoms with Crippen LogP contribution in [0.4, 0.5) is 0 Å². The summed E-state index contributed by atoms with van der Waals surface area (Å²) in [5.41, 5.74) is 4.22. The van der Waals surface area contributed by atoms with E-state index in [0.29, 0.717) is 12.8 Å². The number of rotatable bonds is 7. The molecule has 3 heteroatoms. The third kappa shape index (κ3) is 4.44. The molecule has 1 saturated heterocycles. The third-order valence-electron chi connectivity index (χ3n) is 5.66. The lowest BCUT2D eigenvalue weighted by molar-refractivity contribution is -1.09. The summed E-state index contributed by atoms with van der Waals surface area (Å²) in [5, 5.41) is 0. The molecular formula is C25H30N2O+2. The van der Waals surface area contributed by atoms with E-state index in [2.05, 4.69) is 84.9 Å². The summed E-state index contributed by atoms with van der Waals surface area (Å²) >= 11 is 0. The molecule has 4 rings (SSSR count). The molecule has 0 amide bonds. The zero-order chi connectivity index (χ0) is 19.2. The number of hydrogen-bond acceptors (Lipinski definition) is 1. The van der Waals surface area contributed by atoms with Crippen molar-refractivity contribution in [2.75, 3.05) is 19.7 Å². The van der Waals surface area contributed by atoms with Gasteiger partial charge in [-0.1, -0.05) is 60.7 Å². The van der Waals surface area contributed by atoms with Crippen molar-refractivity contribution in [1.29, 1.82) is 0 Å². The third-order valence-corrected chi connectivity index (χ3v) is 5.66. The van der Waals surface area contributed by atoms with Crippen LogP contribution in [0.3, 0.4) is 0 Å². The molecule has 2 atom stereocenters. The number of benzene rings is 3. The van der Waals surface area contributed by atoms with E-state index in [4.69, 9.17) is 4.74 Å². The Morgan fingerprint density at radius 3 is 1.68 bits per heavy atom. The molecule has 0 saturated carbocycles. The second-order valence-electron chi connectivity index (χ2n) is 7.58. The fourth-order valence-electron chi connectivity index (χ4n) is 4.39. The van der Waals surface area contributed by atoms with Crippen molar-refractivity contribution in [3.05, 3.63) is 102 Å². The Kier molecular flexibility index (Phi) is 6.05. The van der Waals surface area contributed by atoms with Crippen LogP contribution in [0.1, 0.15) is 29.8 Å². The van der Waals surface area contributed by atoms with E-state index in [1.54, 1.807) is 9.80 Å². The molecule has 3 aromatic carbocycles. The van der Waals surface area contributed by atoms with Gasteiger partial charge in [-0.3, -0.25) is 9.80 Å². The molecule has 0 spiro atoms. The van der Waals surface area contributed by atoms with E-state index in [1.165, 1.54) is 29.8 Å². The van der Waals surface area contributed by atoms with Gasteiger partial charge in [-0.2, -0.15) is 0 Å². The quantitative estimate of drug-likeness (QED) is 0.649. The van der Waals surface area contributed by atoms with Gasteiger partial charge in [-0.25, -0.2) is 0 Å². The van der Waals surface area contributed by atoms with Crippen LogP contribution in [0.15, 0.2) is 84.9 Å². The first kappa shape index (κ1) is 18.7. The largest absolute Gasteiger partial charge is 0.494 e. The van der Waals surface area contributed by atoms with E-state index < -0.39 is 0 Å². The van der Waals surface area contributed by atoms with Crippen LogP contribution < -0.4 is 14.5 Å². The van der Waals surface area contributed by atoms with Crippen molar-refractivity contribution in [1.82, 2.24) is 0 Å². The fourth-order valence-corrected chi connectivity index (χ4v) is 4.39. The van der Waals surface area contributed by atoms with E-state index >= 15 is 0 Å². The Balaban J connectivity index is 1.58. The first-order valence-electron chi connectivity index (χ1n) is 10.3. The van der Waals surface area contributed by atoms with Gasteiger partial charge in [0.05, 0.1) is 12.2 Å². The molecule has 2 unspecified atom stereocenters. The molecule has 0 bridgehead atoms. The first-order chi connectivity index (χ1) is 13.8. The van der Waals surface area contributed by atoms with Crippen molar-refractivity contribution in [2.45, 2.75) is 26.2 Å². The molecule has 144 valence electrons. The van der Waals surface area contributed by atoms with Gasteiger partial charge in [0.25, 0.3) is 0 Å². The Morgan fingerprint density at radius 1 is 0.714 bits per heavy atom. The van der Waals surface area contributed by atoms with Crippen LogP contribution >= 0.6 is 0 Å². The van der Waals surface area contributed by atoms with Gasteiger partial charge >= 0.3 is 0 Å². The van der Waals surface area contributed by atoms with E-state index in [-0.39, 0.29) is 0 Å². The molecule has 0 radical (unpaired) electrons. The summed E-state index contributed by atoms with van der Waals surface area (Å²) < 4.78 is 5.65. The topological polar surface area (TPSA) is 18.1 Å². The molecule has 0 aliphatic carbocycles. The van der Waals surface area contributed by atoms with Gasteiger partial charge in [0, 0.05) is 11.1 Å². The van der Waals surface area contributed by atoms with Crippen LogP contribution in [-0.4, -0.2) is 19.7 Å². The predicted molar refractivity (Wildman–Crippen MR) is 112 cm³/mol. The van der Waals surface area contributed by atoms with Crippen LogP contribution in [0, 0.1) is 0 Å². The van der Waals surface area contributed by atoms with Crippen molar-refractivity contribution in [2.24, 2.45) is 0 Å². The fraction of sp³-hybridized carbons (Fsp3) is 0.280. The van der Waals surface area contributed by atoms with E-state index in [0.717, 1.165) is 18.8 Å². The second kappa shape index (κ2) is 9.05. The second-order valence-corrected chi connectivity index (χ2v) is 7.58. The Morgan fingerprint density at radius 2 is 1.21 bits per heavy atom. The minimum atomic E-state index is 0.441. The Bertz CT molecular complexity index is 799. The number of nitrogens with one attached hydrogen (secondary N) is 2.